The number of nitrogens with zero attached hydrogens (tertiary/aromatic N) is 4. The molecule has 1 amide bonds. The Morgan fingerprint density at radius 2 is 1.76 bits per heavy atom. The lowest BCUT2D eigenvalue weighted by Crippen LogP contribution is -2.17. The first-order chi connectivity index (χ1) is 16.4. The number of amides is 1. The number of ether oxygens (including phenoxy) is 1. The van der Waals surface area contributed by atoms with Crippen LogP contribution in [0.1, 0.15) is 37.1 Å². The van der Waals surface area contributed by atoms with Crippen LogP contribution in [0.15, 0.2) is 47.3 Å². The highest BCUT2D eigenvalue weighted by Gasteiger charge is 2.21. The van der Waals surface area contributed by atoms with Gasteiger partial charge in [-0.05, 0) is 55.8 Å². The Balaban J connectivity index is 1.51. The molecule has 5 aromatic heterocycles. The first kappa shape index (κ1) is 22.1. The first-order valence-corrected chi connectivity index (χ1v) is 12.2. The van der Waals surface area contributed by atoms with Gasteiger partial charge in [0, 0.05) is 23.7 Å². The number of carbonyl (C=O) groups is 2. The molecule has 5 aromatic rings. The normalized spacial score (nSPS) is 11.2. The number of thiophene rings is 2. The Hall–Kier alpha value is -3.76. The standard InChI is InChI=1S/C24H21N5O3S2/c1-13-5-6-14(2)28(13)19-8-10-33-21(19)18-11-20-25-12-16(15(3)29(20)27-18)23(30)26-17-7-9-34-22(17)24(31)32-4/h5-12H,1-4H3,(H,26,30). The van der Waals surface area contributed by atoms with Gasteiger partial charge in [0.2, 0.25) is 0 Å². The largest absolute Gasteiger partial charge is 0.465 e. The molecule has 0 spiro atoms. The van der Waals surface area contributed by atoms with Crippen molar-refractivity contribution < 1.29 is 14.3 Å². The third kappa shape index (κ3) is 3.61. The molecular formula is C24H21N5O3S2. The molecule has 0 unspecified atom stereocenters. The van der Waals surface area contributed by atoms with Crippen LogP contribution in [-0.4, -0.2) is 38.2 Å². The molecule has 5 heterocycles. The van der Waals surface area contributed by atoms with Gasteiger partial charge < -0.3 is 14.6 Å². The monoisotopic (exact) mass is 491 g/mol. The number of rotatable bonds is 5. The van der Waals surface area contributed by atoms with Gasteiger partial charge in [0.05, 0.1) is 34.6 Å². The molecule has 0 saturated heterocycles. The average molecular weight is 492 g/mol. The molecule has 0 aliphatic carbocycles. The molecule has 0 bridgehead atoms. The third-order valence-corrected chi connectivity index (χ3v) is 7.46. The fourth-order valence-electron chi connectivity index (χ4n) is 3.95. The molecular weight excluding hydrogens is 470 g/mol. The average Bonchev–Trinajstić information content (AvgIpc) is 3.60. The van der Waals surface area contributed by atoms with E-state index in [2.05, 4.69) is 46.9 Å². The van der Waals surface area contributed by atoms with Crippen molar-refractivity contribution in [1.82, 2.24) is 19.2 Å². The minimum Gasteiger partial charge on any atom is -0.465 e. The fourth-order valence-corrected chi connectivity index (χ4v) is 5.55. The Labute approximate surface area is 203 Å². The maximum absolute atomic E-state index is 13.0. The van der Waals surface area contributed by atoms with Crippen LogP contribution < -0.4 is 5.32 Å². The van der Waals surface area contributed by atoms with Crippen LogP contribution in [0.25, 0.3) is 21.9 Å². The number of esters is 1. The van der Waals surface area contributed by atoms with E-state index < -0.39 is 5.97 Å². The Kier molecular flexibility index (Phi) is 5.54. The predicted octanol–water partition coefficient (Wildman–Crippen LogP) is 5.27. The number of carbonyl (C=O) groups excluding carboxylic acids is 2. The highest BCUT2D eigenvalue weighted by atomic mass is 32.1. The molecule has 34 heavy (non-hydrogen) atoms. The van der Waals surface area contributed by atoms with Gasteiger partial charge in [-0.3, -0.25) is 4.79 Å². The van der Waals surface area contributed by atoms with E-state index in [-0.39, 0.29) is 5.91 Å². The maximum Gasteiger partial charge on any atom is 0.350 e. The Bertz CT molecular complexity index is 1540. The molecule has 10 heteroatoms. The molecule has 0 aliphatic rings. The SMILES string of the molecule is COC(=O)c1sccc1NC(=O)c1cnc2cc(-c3sccc3-n3c(C)ccc3C)nn2c1C. The van der Waals surface area contributed by atoms with Crippen LogP contribution in [0.2, 0.25) is 0 Å². The van der Waals surface area contributed by atoms with E-state index in [0.29, 0.717) is 27.5 Å². The van der Waals surface area contributed by atoms with Gasteiger partial charge in [0.25, 0.3) is 5.91 Å². The van der Waals surface area contributed by atoms with Crippen LogP contribution in [0.5, 0.6) is 0 Å². The van der Waals surface area contributed by atoms with E-state index in [1.807, 2.05) is 18.4 Å². The summed E-state index contributed by atoms with van der Waals surface area (Å²) in [5.74, 6) is -0.866. The lowest BCUT2D eigenvalue weighted by Gasteiger charge is -2.09. The van der Waals surface area contributed by atoms with Crippen molar-refractivity contribution in [2.75, 3.05) is 12.4 Å². The zero-order valence-electron chi connectivity index (χ0n) is 18.9. The summed E-state index contributed by atoms with van der Waals surface area (Å²) in [5, 5.41) is 11.3. The number of hydrogen-bond donors (Lipinski definition) is 1. The maximum atomic E-state index is 13.0. The van der Waals surface area contributed by atoms with Gasteiger partial charge >= 0.3 is 5.97 Å². The number of anilines is 1. The van der Waals surface area contributed by atoms with Crippen LogP contribution in [0, 0.1) is 20.8 Å². The molecule has 0 aromatic carbocycles. The summed E-state index contributed by atoms with van der Waals surface area (Å²) >= 11 is 2.82. The number of aryl methyl sites for hydroxylation is 3. The molecule has 5 rings (SSSR count). The van der Waals surface area contributed by atoms with E-state index in [1.165, 1.54) is 24.6 Å². The van der Waals surface area contributed by atoms with Crippen LogP contribution in [0.4, 0.5) is 5.69 Å². The van der Waals surface area contributed by atoms with E-state index in [1.54, 1.807) is 27.3 Å². The number of hydrogen-bond acceptors (Lipinski definition) is 7. The van der Waals surface area contributed by atoms with Crippen molar-refractivity contribution in [1.29, 1.82) is 0 Å². The van der Waals surface area contributed by atoms with Gasteiger partial charge in [-0.25, -0.2) is 14.3 Å². The second-order valence-electron chi connectivity index (χ2n) is 7.75. The quantitative estimate of drug-likeness (QED) is 0.338. The minimum absolute atomic E-state index is 0.338. The van der Waals surface area contributed by atoms with E-state index in [0.717, 1.165) is 27.6 Å². The van der Waals surface area contributed by atoms with Crippen LogP contribution in [0.3, 0.4) is 0 Å². The molecule has 0 saturated carbocycles. The van der Waals surface area contributed by atoms with Gasteiger partial charge in [0.15, 0.2) is 5.65 Å². The molecule has 0 fully saturated rings. The van der Waals surface area contributed by atoms with Crippen LogP contribution in [-0.2, 0) is 4.74 Å². The highest BCUT2D eigenvalue weighted by Crippen LogP contribution is 2.34. The number of methoxy groups -OCH3 is 1. The summed E-state index contributed by atoms with van der Waals surface area (Å²) in [6, 6.07) is 9.87. The van der Waals surface area contributed by atoms with Crippen molar-refractivity contribution in [3.05, 3.63) is 74.8 Å². The molecule has 0 atom stereocenters. The van der Waals surface area contributed by atoms with Crippen molar-refractivity contribution in [2.24, 2.45) is 0 Å². The van der Waals surface area contributed by atoms with Gasteiger partial charge in [0.1, 0.15) is 10.6 Å². The lowest BCUT2D eigenvalue weighted by atomic mass is 10.2. The topological polar surface area (TPSA) is 90.5 Å². The molecule has 172 valence electrons. The predicted molar refractivity (Wildman–Crippen MR) is 133 cm³/mol. The van der Waals surface area contributed by atoms with Gasteiger partial charge in [-0.15, -0.1) is 22.7 Å². The minimum atomic E-state index is -0.493. The van der Waals surface area contributed by atoms with E-state index in [4.69, 9.17) is 9.84 Å². The summed E-state index contributed by atoms with van der Waals surface area (Å²) in [5.41, 5.74) is 6.22. The zero-order valence-corrected chi connectivity index (χ0v) is 20.6. The summed E-state index contributed by atoms with van der Waals surface area (Å²) in [6.07, 6.45) is 1.53. The molecule has 8 nitrogen and oxygen atoms in total. The third-order valence-electron chi connectivity index (χ3n) is 5.64. The van der Waals surface area contributed by atoms with E-state index in [9.17, 15) is 9.59 Å². The molecule has 0 radical (unpaired) electrons. The Morgan fingerprint density at radius 3 is 2.50 bits per heavy atom. The lowest BCUT2D eigenvalue weighted by molar-refractivity contribution is 0.0607. The Morgan fingerprint density at radius 1 is 1.03 bits per heavy atom. The second-order valence-corrected chi connectivity index (χ2v) is 9.58. The highest BCUT2D eigenvalue weighted by molar-refractivity contribution is 7.14. The second kappa shape index (κ2) is 8.54. The molecule has 0 aliphatic heterocycles. The number of aromatic nitrogens is 4. The van der Waals surface area contributed by atoms with Crippen molar-refractivity contribution in [3.63, 3.8) is 0 Å². The summed E-state index contributed by atoms with van der Waals surface area (Å²) in [4.78, 5) is 30.8. The zero-order chi connectivity index (χ0) is 24.0. The number of fused-ring (bicyclic) bond motifs is 1. The summed E-state index contributed by atoms with van der Waals surface area (Å²) < 4.78 is 8.67. The first-order valence-electron chi connectivity index (χ1n) is 10.4. The fraction of sp³-hybridized carbons (Fsp3) is 0.167. The van der Waals surface area contributed by atoms with Crippen molar-refractivity contribution in [3.8, 4) is 16.3 Å². The van der Waals surface area contributed by atoms with E-state index >= 15 is 0 Å². The van der Waals surface area contributed by atoms with Gasteiger partial charge in [-0.1, -0.05) is 0 Å². The van der Waals surface area contributed by atoms with Crippen LogP contribution >= 0.6 is 22.7 Å². The van der Waals surface area contributed by atoms with Gasteiger partial charge in [-0.2, -0.15) is 5.10 Å². The van der Waals surface area contributed by atoms with Crippen molar-refractivity contribution in [2.45, 2.75) is 20.8 Å². The summed E-state index contributed by atoms with van der Waals surface area (Å²) in [7, 11) is 1.31. The van der Waals surface area contributed by atoms with Crippen molar-refractivity contribution >= 4 is 45.9 Å². The number of nitrogens with one attached hydrogen (secondary N) is 1. The smallest absolute Gasteiger partial charge is 0.350 e. The molecule has 1 N–H and O–H groups in total. The summed E-state index contributed by atoms with van der Waals surface area (Å²) in [6.45, 7) is 5.98.